The Hall–Kier alpha value is -0.960. The van der Waals surface area contributed by atoms with Crippen LogP contribution in [0.3, 0.4) is 0 Å². The summed E-state index contributed by atoms with van der Waals surface area (Å²) in [5.41, 5.74) is 2.53. The van der Waals surface area contributed by atoms with E-state index in [4.69, 9.17) is 0 Å². The highest BCUT2D eigenvalue weighted by Crippen LogP contribution is 2.27. The predicted octanol–water partition coefficient (Wildman–Crippen LogP) is 1.38. The second-order valence-corrected chi connectivity index (χ2v) is 3.55. The van der Waals surface area contributed by atoms with E-state index in [9.17, 15) is 0 Å². The van der Waals surface area contributed by atoms with E-state index in [1.165, 1.54) is 24.1 Å². The van der Waals surface area contributed by atoms with Gasteiger partial charge in [0.2, 0.25) is 0 Å². The summed E-state index contributed by atoms with van der Waals surface area (Å²) in [6.07, 6.45) is 5.51. The van der Waals surface area contributed by atoms with Crippen molar-refractivity contribution in [2.45, 2.75) is 32.2 Å². The predicted molar refractivity (Wildman–Crippen MR) is 51.5 cm³/mol. The number of hydrogen-bond donors (Lipinski definition) is 1. The number of rotatable bonds is 1. The molecule has 1 aromatic rings. The molecule has 0 bridgehead atoms. The average Bonchev–Trinajstić information content (AvgIpc) is 2.16. The van der Waals surface area contributed by atoms with Crippen molar-refractivity contribution in [1.29, 1.82) is 0 Å². The Balaban J connectivity index is 2.40. The number of nitrogens with zero attached hydrogens (tertiary/aromatic N) is 2. The van der Waals surface area contributed by atoms with Crippen LogP contribution in [0.25, 0.3) is 0 Å². The van der Waals surface area contributed by atoms with Gasteiger partial charge in [0.05, 0.1) is 0 Å². The number of fused-ring (bicyclic) bond motifs is 1. The van der Waals surface area contributed by atoms with Crippen molar-refractivity contribution < 1.29 is 0 Å². The molecule has 1 unspecified atom stereocenters. The van der Waals surface area contributed by atoms with E-state index >= 15 is 0 Å². The molecule has 70 valence electrons. The summed E-state index contributed by atoms with van der Waals surface area (Å²) in [5.74, 6) is 0.885. The van der Waals surface area contributed by atoms with Gasteiger partial charge in [0.15, 0.2) is 0 Å². The highest BCUT2D eigenvalue weighted by Gasteiger charge is 2.19. The smallest absolute Gasteiger partial charge is 0.125 e. The zero-order valence-electron chi connectivity index (χ0n) is 8.17. The van der Waals surface area contributed by atoms with E-state index in [2.05, 4.69) is 15.3 Å². The third-order valence-electron chi connectivity index (χ3n) is 2.65. The van der Waals surface area contributed by atoms with Crippen LogP contribution in [-0.4, -0.2) is 17.0 Å². The van der Waals surface area contributed by atoms with Gasteiger partial charge >= 0.3 is 0 Å². The fourth-order valence-electron chi connectivity index (χ4n) is 1.95. The van der Waals surface area contributed by atoms with Crippen LogP contribution in [0.4, 0.5) is 0 Å². The van der Waals surface area contributed by atoms with Gasteiger partial charge in [0, 0.05) is 23.5 Å². The molecule has 0 fully saturated rings. The molecule has 0 spiro atoms. The lowest BCUT2D eigenvalue weighted by Crippen LogP contribution is -2.22. The van der Waals surface area contributed by atoms with E-state index in [0.29, 0.717) is 6.04 Å². The Bertz CT molecular complexity index is 309. The van der Waals surface area contributed by atoms with Crippen LogP contribution in [0.5, 0.6) is 0 Å². The van der Waals surface area contributed by atoms with Gasteiger partial charge in [0.1, 0.15) is 5.82 Å². The Morgan fingerprint density at radius 2 is 2.38 bits per heavy atom. The van der Waals surface area contributed by atoms with E-state index in [1.807, 2.05) is 20.2 Å². The largest absolute Gasteiger partial charge is 0.313 e. The van der Waals surface area contributed by atoms with Crippen molar-refractivity contribution >= 4 is 0 Å². The monoisotopic (exact) mass is 177 g/mol. The molecule has 3 heteroatoms. The van der Waals surface area contributed by atoms with Crippen LogP contribution in [0, 0.1) is 6.92 Å². The highest BCUT2D eigenvalue weighted by atomic mass is 14.9. The second kappa shape index (κ2) is 3.42. The zero-order chi connectivity index (χ0) is 9.26. The minimum atomic E-state index is 0.462. The molecule has 1 atom stereocenters. The van der Waals surface area contributed by atoms with Gasteiger partial charge in [-0.05, 0) is 33.2 Å². The summed E-state index contributed by atoms with van der Waals surface area (Å²) in [4.78, 5) is 8.70. The molecule has 0 radical (unpaired) electrons. The maximum absolute atomic E-state index is 4.46. The van der Waals surface area contributed by atoms with E-state index < -0.39 is 0 Å². The molecule has 1 heterocycles. The normalized spacial score (nSPS) is 21.2. The van der Waals surface area contributed by atoms with Crippen LogP contribution in [0.15, 0.2) is 6.20 Å². The number of aryl methyl sites for hydroxylation is 2. The fourth-order valence-corrected chi connectivity index (χ4v) is 1.95. The maximum Gasteiger partial charge on any atom is 0.125 e. The summed E-state index contributed by atoms with van der Waals surface area (Å²) in [6, 6.07) is 0.462. The van der Waals surface area contributed by atoms with Crippen molar-refractivity contribution in [2.24, 2.45) is 0 Å². The summed E-state index contributed by atoms with van der Waals surface area (Å²) in [5, 5.41) is 3.30. The van der Waals surface area contributed by atoms with E-state index in [-0.39, 0.29) is 0 Å². The average molecular weight is 177 g/mol. The van der Waals surface area contributed by atoms with Crippen molar-refractivity contribution in [3.63, 3.8) is 0 Å². The summed E-state index contributed by atoms with van der Waals surface area (Å²) in [6.45, 7) is 1.95. The lowest BCUT2D eigenvalue weighted by molar-refractivity contribution is 0.486. The summed E-state index contributed by atoms with van der Waals surface area (Å²) in [7, 11) is 2.00. The molecule has 0 amide bonds. The third kappa shape index (κ3) is 1.56. The van der Waals surface area contributed by atoms with Crippen LogP contribution >= 0.6 is 0 Å². The minimum Gasteiger partial charge on any atom is -0.313 e. The third-order valence-corrected chi connectivity index (χ3v) is 2.65. The first-order valence-electron chi connectivity index (χ1n) is 4.81. The first-order chi connectivity index (χ1) is 6.31. The van der Waals surface area contributed by atoms with Crippen molar-refractivity contribution in [2.75, 3.05) is 7.05 Å². The maximum atomic E-state index is 4.46. The Labute approximate surface area is 78.6 Å². The van der Waals surface area contributed by atoms with Crippen molar-refractivity contribution in [1.82, 2.24) is 15.3 Å². The molecule has 3 nitrogen and oxygen atoms in total. The Kier molecular flexibility index (Phi) is 2.27. The molecular weight excluding hydrogens is 162 g/mol. The van der Waals surface area contributed by atoms with E-state index in [0.717, 1.165) is 12.2 Å². The number of aromatic nitrogens is 2. The molecule has 1 aliphatic rings. The van der Waals surface area contributed by atoms with Gasteiger partial charge in [-0.15, -0.1) is 0 Å². The SMILES string of the molecule is CNC1CCCc2nc(C)ncc21. The van der Waals surface area contributed by atoms with Crippen LogP contribution in [0.1, 0.15) is 36.0 Å². The molecule has 0 aromatic carbocycles. The quantitative estimate of drug-likeness (QED) is 0.704. The molecule has 0 aliphatic heterocycles. The summed E-state index contributed by atoms with van der Waals surface area (Å²) < 4.78 is 0. The minimum absolute atomic E-state index is 0.462. The number of nitrogens with one attached hydrogen (secondary N) is 1. The second-order valence-electron chi connectivity index (χ2n) is 3.55. The van der Waals surface area contributed by atoms with Gasteiger partial charge in [-0.25, -0.2) is 9.97 Å². The van der Waals surface area contributed by atoms with Gasteiger partial charge in [0.25, 0.3) is 0 Å². The van der Waals surface area contributed by atoms with Crippen LogP contribution < -0.4 is 5.32 Å². The number of hydrogen-bond acceptors (Lipinski definition) is 3. The summed E-state index contributed by atoms with van der Waals surface area (Å²) >= 11 is 0. The Morgan fingerprint density at radius 1 is 1.54 bits per heavy atom. The van der Waals surface area contributed by atoms with Gasteiger partial charge in [-0.2, -0.15) is 0 Å². The van der Waals surface area contributed by atoms with Crippen molar-refractivity contribution in [3.8, 4) is 0 Å². The molecule has 1 aliphatic carbocycles. The Morgan fingerprint density at radius 3 is 3.15 bits per heavy atom. The topological polar surface area (TPSA) is 37.8 Å². The molecule has 1 N–H and O–H groups in total. The first-order valence-corrected chi connectivity index (χ1v) is 4.81. The lowest BCUT2D eigenvalue weighted by atomic mass is 9.92. The van der Waals surface area contributed by atoms with Gasteiger partial charge in [-0.3, -0.25) is 0 Å². The lowest BCUT2D eigenvalue weighted by Gasteiger charge is -2.23. The molecule has 13 heavy (non-hydrogen) atoms. The van der Waals surface area contributed by atoms with Gasteiger partial charge in [-0.1, -0.05) is 0 Å². The van der Waals surface area contributed by atoms with Crippen LogP contribution in [0.2, 0.25) is 0 Å². The standard InChI is InChI=1S/C10H15N3/c1-7-12-6-8-9(11-2)4-3-5-10(8)13-7/h6,9,11H,3-5H2,1-2H3. The molecule has 0 saturated carbocycles. The fraction of sp³-hybridized carbons (Fsp3) is 0.600. The van der Waals surface area contributed by atoms with Gasteiger partial charge < -0.3 is 5.32 Å². The molecule has 2 rings (SSSR count). The highest BCUT2D eigenvalue weighted by molar-refractivity contribution is 5.24. The molecule has 0 saturated heterocycles. The van der Waals surface area contributed by atoms with Crippen molar-refractivity contribution in [3.05, 3.63) is 23.3 Å². The van der Waals surface area contributed by atoms with Crippen LogP contribution in [-0.2, 0) is 6.42 Å². The molecular formula is C10H15N3. The zero-order valence-corrected chi connectivity index (χ0v) is 8.17. The molecule has 1 aromatic heterocycles. The van der Waals surface area contributed by atoms with E-state index in [1.54, 1.807) is 0 Å². The first kappa shape index (κ1) is 8.63.